The summed E-state index contributed by atoms with van der Waals surface area (Å²) in [7, 11) is -3.46. The summed E-state index contributed by atoms with van der Waals surface area (Å²) in [4.78, 5) is 25.2. The Balaban J connectivity index is 1.54. The third kappa shape index (κ3) is 7.93. The van der Waals surface area contributed by atoms with Gasteiger partial charge in [-0.3, -0.25) is 13.9 Å². The number of sulfonamides is 1. The second kappa shape index (κ2) is 13.3. The fraction of sp³-hybridized carbons (Fsp3) is 0.500. The number of nitrogens with zero attached hydrogens (tertiary/aromatic N) is 1. The first kappa shape index (κ1) is 28.8. The van der Waals surface area contributed by atoms with Gasteiger partial charge in [0.15, 0.2) is 0 Å². The topological polar surface area (TPSA) is 137 Å². The number of anilines is 2. The van der Waals surface area contributed by atoms with Gasteiger partial charge in [-0.1, -0.05) is 30.3 Å². The van der Waals surface area contributed by atoms with E-state index < -0.39 is 28.1 Å². The number of nitrogens with one attached hydrogen (secondary N) is 3. The number of hydrogen-bond acceptors (Lipinski definition) is 8. The molecule has 39 heavy (non-hydrogen) atoms. The lowest BCUT2D eigenvalue weighted by Crippen LogP contribution is -2.51. The number of amides is 1. The van der Waals surface area contributed by atoms with Crippen molar-refractivity contribution in [2.45, 2.75) is 57.2 Å². The zero-order chi connectivity index (χ0) is 27.8. The number of esters is 1. The highest BCUT2D eigenvalue weighted by Crippen LogP contribution is 2.28. The number of aliphatic hydroxyl groups excluding tert-OH is 1. The van der Waals surface area contributed by atoms with Gasteiger partial charge in [0.05, 0.1) is 36.6 Å². The number of carbonyl (C=O) groups is 2. The maximum Gasteiger partial charge on any atom is 0.307 e. The highest BCUT2D eigenvalue weighted by Gasteiger charge is 2.29. The van der Waals surface area contributed by atoms with E-state index in [1.165, 1.54) is 4.31 Å². The predicted octanol–water partition coefficient (Wildman–Crippen LogP) is 2.05. The Hall–Kier alpha value is -3.15. The van der Waals surface area contributed by atoms with Crippen LogP contribution in [0.5, 0.6) is 0 Å². The lowest BCUT2D eigenvalue weighted by Gasteiger charge is -2.30. The molecule has 0 aliphatic carbocycles. The Morgan fingerprint density at radius 2 is 1.97 bits per heavy atom. The van der Waals surface area contributed by atoms with Crippen molar-refractivity contribution in [1.29, 1.82) is 0 Å². The quantitative estimate of drug-likeness (QED) is 0.308. The van der Waals surface area contributed by atoms with Crippen LogP contribution in [-0.4, -0.2) is 75.6 Å². The van der Waals surface area contributed by atoms with Crippen LogP contribution < -0.4 is 20.3 Å². The summed E-state index contributed by atoms with van der Waals surface area (Å²) in [6.45, 7) is 3.43. The van der Waals surface area contributed by atoms with Crippen LogP contribution in [0.2, 0.25) is 0 Å². The predicted molar refractivity (Wildman–Crippen MR) is 150 cm³/mol. The lowest BCUT2D eigenvalue weighted by molar-refractivity contribution is -0.147. The molecule has 0 radical (unpaired) electrons. The van der Waals surface area contributed by atoms with Crippen LogP contribution in [0.3, 0.4) is 0 Å². The number of cyclic esters (lactones) is 1. The summed E-state index contributed by atoms with van der Waals surface area (Å²) in [5.41, 5.74) is 2.35. The zero-order valence-corrected chi connectivity index (χ0v) is 23.1. The second-order valence-corrected chi connectivity index (χ2v) is 12.1. The molecule has 2 saturated heterocycles. The minimum absolute atomic E-state index is 0.0804. The molecule has 212 valence electrons. The normalized spacial score (nSPS) is 20.5. The molecule has 2 heterocycles. The van der Waals surface area contributed by atoms with E-state index in [9.17, 15) is 23.1 Å². The monoisotopic (exact) mass is 558 g/mol. The summed E-state index contributed by atoms with van der Waals surface area (Å²) < 4.78 is 31.9. The van der Waals surface area contributed by atoms with E-state index in [0.717, 1.165) is 12.0 Å². The Morgan fingerprint density at radius 3 is 2.69 bits per heavy atom. The Bertz CT molecular complexity index is 1240. The van der Waals surface area contributed by atoms with E-state index in [1.807, 2.05) is 37.3 Å². The van der Waals surface area contributed by atoms with Crippen molar-refractivity contribution in [3.05, 3.63) is 59.7 Å². The highest BCUT2D eigenvalue weighted by atomic mass is 32.2. The van der Waals surface area contributed by atoms with Crippen LogP contribution in [0, 0.1) is 0 Å². The molecule has 2 aliphatic heterocycles. The molecule has 2 aromatic carbocycles. The molecule has 2 fully saturated rings. The highest BCUT2D eigenvalue weighted by molar-refractivity contribution is 7.92. The Morgan fingerprint density at radius 1 is 1.18 bits per heavy atom. The van der Waals surface area contributed by atoms with Gasteiger partial charge in [0, 0.05) is 36.9 Å². The summed E-state index contributed by atoms with van der Waals surface area (Å²) >= 11 is 0. The second-order valence-electron chi connectivity index (χ2n) is 10.0. The molecular weight excluding hydrogens is 520 g/mol. The van der Waals surface area contributed by atoms with Crippen molar-refractivity contribution < 1.29 is 27.9 Å². The largest absolute Gasteiger partial charge is 0.466 e. The molecule has 0 saturated carbocycles. The van der Waals surface area contributed by atoms with E-state index in [-0.39, 0.29) is 30.7 Å². The van der Waals surface area contributed by atoms with E-state index in [0.29, 0.717) is 55.9 Å². The average molecular weight is 559 g/mol. The molecule has 4 rings (SSSR count). The number of carbonyl (C=O) groups excluding carboxylic acids is 2. The van der Waals surface area contributed by atoms with Gasteiger partial charge in [-0.25, -0.2) is 8.42 Å². The third-order valence-corrected chi connectivity index (χ3v) is 8.91. The molecule has 10 nitrogen and oxygen atoms in total. The lowest BCUT2D eigenvalue weighted by atomic mass is 9.99. The number of rotatable bonds is 11. The van der Waals surface area contributed by atoms with Crippen LogP contribution in [0.4, 0.5) is 11.4 Å². The van der Waals surface area contributed by atoms with Gasteiger partial charge >= 0.3 is 5.97 Å². The molecule has 2 aliphatic rings. The number of ether oxygens (including phenoxy) is 1. The van der Waals surface area contributed by atoms with E-state index >= 15 is 0 Å². The molecule has 1 unspecified atom stereocenters. The van der Waals surface area contributed by atoms with Gasteiger partial charge in [-0.05, 0) is 56.4 Å². The molecule has 4 N–H and O–H groups in total. The van der Waals surface area contributed by atoms with Gasteiger partial charge < -0.3 is 25.8 Å². The molecule has 0 bridgehead atoms. The number of aliphatic hydroxyl groups is 1. The summed E-state index contributed by atoms with van der Waals surface area (Å²) in [5, 5.41) is 20.5. The van der Waals surface area contributed by atoms with E-state index in [4.69, 9.17) is 4.74 Å². The van der Waals surface area contributed by atoms with Crippen LogP contribution in [0.1, 0.15) is 48.5 Å². The molecule has 0 aromatic heterocycles. The van der Waals surface area contributed by atoms with Crippen molar-refractivity contribution >= 4 is 33.3 Å². The van der Waals surface area contributed by atoms with Crippen molar-refractivity contribution in [3.8, 4) is 0 Å². The fourth-order valence-corrected chi connectivity index (χ4v) is 6.58. The molecular formula is C28H38N4O6S. The van der Waals surface area contributed by atoms with Crippen LogP contribution >= 0.6 is 0 Å². The molecule has 1 amide bonds. The van der Waals surface area contributed by atoms with Crippen LogP contribution in [-0.2, 0) is 26.0 Å². The standard InChI is InChI=1S/C28H38N4O6S/c1-2-29-23-15-21(16-24(17-23)32-11-6-7-13-39(32,36)37)28(35)31-25(14-20-8-4-3-5-9-20)26(33)19-30-22-10-12-38-27(34)18-22/h3-5,8-9,15-17,22,25-26,29-30,33H,2,6-7,10-14,18-19H2,1H3,(H,31,35)/t22?,25-,26+/m0/s1. The summed E-state index contributed by atoms with van der Waals surface area (Å²) in [6.07, 6.45) is 1.72. The molecule has 2 aromatic rings. The third-order valence-electron chi connectivity index (χ3n) is 7.04. The van der Waals surface area contributed by atoms with Crippen LogP contribution in [0.15, 0.2) is 48.5 Å². The minimum atomic E-state index is -3.46. The average Bonchev–Trinajstić information content (AvgIpc) is 2.91. The summed E-state index contributed by atoms with van der Waals surface area (Å²) in [6, 6.07) is 13.9. The van der Waals surface area contributed by atoms with Gasteiger partial charge in [0.2, 0.25) is 10.0 Å². The first-order valence-corrected chi connectivity index (χ1v) is 15.2. The number of hydrogen-bond donors (Lipinski definition) is 4. The van der Waals surface area contributed by atoms with Crippen LogP contribution in [0.25, 0.3) is 0 Å². The molecule has 11 heteroatoms. The van der Waals surface area contributed by atoms with Gasteiger partial charge in [-0.15, -0.1) is 0 Å². The number of benzene rings is 2. The first-order chi connectivity index (χ1) is 18.7. The van der Waals surface area contributed by atoms with Crippen molar-refractivity contribution in [2.24, 2.45) is 0 Å². The van der Waals surface area contributed by atoms with Gasteiger partial charge in [0.25, 0.3) is 5.91 Å². The first-order valence-electron chi connectivity index (χ1n) is 13.6. The Kier molecular flexibility index (Phi) is 9.82. The smallest absolute Gasteiger partial charge is 0.307 e. The maximum absolute atomic E-state index is 13.6. The van der Waals surface area contributed by atoms with E-state index in [1.54, 1.807) is 18.2 Å². The molecule has 0 spiro atoms. The minimum Gasteiger partial charge on any atom is -0.466 e. The van der Waals surface area contributed by atoms with Crippen molar-refractivity contribution in [2.75, 3.05) is 41.6 Å². The Labute approximate surface area is 230 Å². The van der Waals surface area contributed by atoms with Crippen molar-refractivity contribution in [3.63, 3.8) is 0 Å². The van der Waals surface area contributed by atoms with Gasteiger partial charge in [-0.2, -0.15) is 0 Å². The van der Waals surface area contributed by atoms with Gasteiger partial charge in [0.1, 0.15) is 0 Å². The fourth-order valence-electron chi connectivity index (χ4n) is 4.96. The maximum atomic E-state index is 13.6. The summed E-state index contributed by atoms with van der Waals surface area (Å²) in [5.74, 6) is -0.599. The van der Waals surface area contributed by atoms with E-state index in [2.05, 4.69) is 16.0 Å². The van der Waals surface area contributed by atoms with Crippen molar-refractivity contribution in [1.82, 2.24) is 10.6 Å². The molecule has 3 atom stereocenters. The zero-order valence-electron chi connectivity index (χ0n) is 22.3. The SMILES string of the molecule is CCNc1cc(C(=O)N[C@@H](Cc2ccccc2)[C@H](O)CNC2CCOC(=O)C2)cc(N2CCCCS2(=O)=O)c1.